The number of anilines is 1. The second-order valence-corrected chi connectivity index (χ2v) is 2.61. The van der Waals surface area contributed by atoms with Gasteiger partial charge in [-0.2, -0.15) is 0 Å². The average Bonchev–Trinajstić information content (AvgIpc) is 2.16. The van der Waals surface area contributed by atoms with Crippen LogP contribution < -0.4 is 11.5 Å². The van der Waals surface area contributed by atoms with Crippen LogP contribution in [0.4, 0.5) is 5.82 Å². The molecule has 0 bridgehead atoms. The molecule has 13 heavy (non-hydrogen) atoms. The second kappa shape index (κ2) is 4.59. The van der Waals surface area contributed by atoms with Crippen molar-refractivity contribution >= 4 is 11.9 Å². The van der Waals surface area contributed by atoms with Gasteiger partial charge in [0.05, 0.1) is 6.61 Å². The SMILES string of the molecule is NCC=Cc1cnc(N)c(CO)c1. The third-order valence-electron chi connectivity index (χ3n) is 1.64. The minimum absolute atomic E-state index is 0.0941. The molecule has 0 unspecified atom stereocenters. The zero-order chi connectivity index (χ0) is 9.68. The molecule has 4 heteroatoms. The van der Waals surface area contributed by atoms with Crippen molar-refractivity contribution in [3.05, 3.63) is 29.5 Å². The van der Waals surface area contributed by atoms with E-state index in [1.54, 1.807) is 12.3 Å². The van der Waals surface area contributed by atoms with Crippen LogP contribution in [0.3, 0.4) is 0 Å². The molecule has 0 atom stereocenters. The maximum Gasteiger partial charge on any atom is 0.128 e. The highest BCUT2D eigenvalue weighted by molar-refractivity contribution is 5.53. The first-order valence-corrected chi connectivity index (χ1v) is 3.99. The summed E-state index contributed by atoms with van der Waals surface area (Å²) in [6.07, 6.45) is 5.29. The van der Waals surface area contributed by atoms with Crippen LogP contribution in [0.15, 0.2) is 18.3 Å². The quantitative estimate of drug-likeness (QED) is 0.615. The maximum absolute atomic E-state index is 8.90. The molecule has 0 fully saturated rings. The van der Waals surface area contributed by atoms with E-state index in [4.69, 9.17) is 16.6 Å². The maximum atomic E-state index is 8.90. The van der Waals surface area contributed by atoms with Gasteiger partial charge in [-0.25, -0.2) is 4.98 Å². The van der Waals surface area contributed by atoms with Crippen LogP contribution in [0.5, 0.6) is 0 Å². The van der Waals surface area contributed by atoms with E-state index < -0.39 is 0 Å². The number of nitrogens with zero attached hydrogens (tertiary/aromatic N) is 1. The fourth-order valence-electron chi connectivity index (χ4n) is 0.961. The van der Waals surface area contributed by atoms with E-state index >= 15 is 0 Å². The summed E-state index contributed by atoms with van der Waals surface area (Å²) in [5.74, 6) is 0.368. The minimum Gasteiger partial charge on any atom is -0.392 e. The molecule has 0 spiro atoms. The number of aliphatic hydroxyl groups is 1. The number of hydrogen-bond donors (Lipinski definition) is 3. The molecule has 0 aliphatic carbocycles. The first kappa shape index (κ1) is 9.70. The Labute approximate surface area is 76.9 Å². The molecular formula is C9H13N3O. The van der Waals surface area contributed by atoms with Crippen molar-refractivity contribution in [1.82, 2.24) is 4.98 Å². The van der Waals surface area contributed by atoms with E-state index in [0.717, 1.165) is 5.56 Å². The van der Waals surface area contributed by atoms with Gasteiger partial charge in [0.15, 0.2) is 0 Å². The van der Waals surface area contributed by atoms with Crippen LogP contribution in [0.2, 0.25) is 0 Å². The van der Waals surface area contributed by atoms with E-state index in [1.165, 1.54) is 0 Å². The number of aromatic nitrogens is 1. The van der Waals surface area contributed by atoms with E-state index in [9.17, 15) is 0 Å². The Bertz CT molecular complexity index is 310. The molecule has 1 aromatic rings. The van der Waals surface area contributed by atoms with Gasteiger partial charge in [-0.1, -0.05) is 12.2 Å². The van der Waals surface area contributed by atoms with Gasteiger partial charge in [0.25, 0.3) is 0 Å². The molecule has 0 radical (unpaired) electrons. The van der Waals surface area contributed by atoms with Crippen molar-refractivity contribution in [1.29, 1.82) is 0 Å². The van der Waals surface area contributed by atoms with Crippen LogP contribution in [-0.2, 0) is 6.61 Å². The lowest BCUT2D eigenvalue weighted by Gasteiger charge is -2.01. The van der Waals surface area contributed by atoms with Gasteiger partial charge in [0.2, 0.25) is 0 Å². The molecule has 1 aromatic heterocycles. The Morgan fingerprint density at radius 2 is 2.31 bits per heavy atom. The van der Waals surface area contributed by atoms with Gasteiger partial charge in [-0.15, -0.1) is 0 Å². The van der Waals surface area contributed by atoms with Crippen LogP contribution in [-0.4, -0.2) is 16.6 Å². The fraction of sp³-hybridized carbons (Fsp3) is 0.222. The van der Waals surface area contributed by atoms with E-state index in [2.05, 4.69) is 4.98 Å². The van der Waals surface area contributed by atoms with Gasteiger partial charge >= 0.3 is 0 Å². The molecule has 5 N–H and O–H groups in total. The van der Waals surface area contributed by atoms with Crippen LogP contribution in [0.25, 0.3) is 6.08 Å². The third-order valence-corrected chi connectivity index (χ3v) is 1.64. The number of hydrogen-bond acceptors (Lipinski definition) is 4. The van der Waals surface area contributed by atoms with Crippen molar-refractivity contribution in [3.8, 4) is 0 Å². The highest BCUT2D eigenvalue weighted by Crippen LogP contribution is 2.11. The predicted molar refractivity (Wildman–Crippen MR) is 52.7 cm³/mol. The molecule has 0 aliphatic rings. The summed E-state index contributed by atoms with van der Waals surface area (Å²) >= 11 is 0. The smallest absolute Gasteiger partial charge is 0.128 e. The Kier molecular flexibility index (Phi) is 3.42. The Morgan fingerprint density at radius 1 is 1.54 bits per heavy atom. The summed E-state index contributed by atoms with van der Waals surface area (Å²) in [5, 5.41) is 8.90. The molecule has 1 rings (SSSR count). The van der Waals surface area contributed by atoms with Gasteiger partial charge in [0.1, 0.15) is 5.82 Å². The number of nitrogen functional groups attached to an aromatic ring is 1. The summed E-state index contributed by atoms with van der Waals surface area (Å²) in [6.45, 7) is 0.391. The van der Waals surface area contributed by atoms with E-state index in [-0.39, 0.29) is 6.61 Å². The monoisotopic (exact) mass is 179 g/mol. The number of aliphatic hydroxyl groups excluding tert-OH is 1. The normalized spacial score (nSPS) is 10.9. The van der Waals surface area contributed by atoms with Crippen molar-refractivity contribution in [2.45, 2.75) is 6.61 Å². The average molecular weight is 179 g/mol. The van der Waals surface area contributed by atoms with Crippen LogP contribution in [0.1, 0.15) is 11.1 Å². The summed E-state index contributed by atoms with van der Waals surface area (Å²) < 4.78 is 0. The first-order chi connectivity index (χ1) is 6.27. The molecule has 0 aromatic carbocycles. The summed E-state index contributed by atoms with van der Waals surface area (Å²) in [5.41, 5.74) is 12.3. The van der Waals surface area contributed by atoms with Crippen molar-refractivity contribution in [3.63, 3.8) is 0 Å². The van der Waals surface area contributed by atoms with Gasteiger partial charge < -0.3 is 16.6 Å². The Hall–Kier alpha value is -1.39. The predicted octanol–water partition coefficient (Wildman–Crippen LogP) is 0.128. The Balaban J connectivity index is 2.92. The van der Waals surface area contributed by atoms with Gasteiger partial charge in [-0.05, 0) is 11.6 Å². The van der Waals surface area contributed by atoms with Crippen LogP contribution in [0, 0.1) is 0 Å². The molecule has 1 heterocycles. The molecule has 0 saturated carbocycles. The minimum atomic E-state index is -0.0941. The molecule has 0 saturated heterocycles. The standard InChI is InChI=1S/C9H13N3O/c10-3-1-2-7-4-8(6-13)9(11)12-5-7/h1-2,4-5,13H,3,6,10H2,(H2,11,12). The molecule has 70 valence electrons. The van der Waals surface area contributed by atoms with Gasteiger partial charge in [-0.3, -0.25) is 0 Å². The highest BCUT2D eigenvalue weighted by atomic mass is 16.3. The number of pyridine rings is 1. The van der Waals surface area contributed by atoms with Gasteiger partial charge in [0, 0.05) is 18.3 Å². The molecule has 0 amide bonds. The summed E-state index contributed by atoms with van der Waals surface area (Å²) in [6, 6.07) is 1.79. The number of nitrogens with two attached hydrogens (primary N) is 2. The molecule has 0 aliphatic heterocycles. The lowest BCUT2D eigenvalue weighted by Crippen LogP contribution is -1.98. The third kappa shape index (κ3) is 2.54. The molecule has 4 nitrogen and oxygen atoms in total. The van der Waals surface area contributed by atoms with E-state index in [1.807, 2.05) is 12.2 Å². The topological polar surface area (TPSA) is 85.2 Å². The lowest BCUT2D eigenvalue weighted by atomic mass is 10.2. The van der Waals surface area contributed by atoms with Crippen molar-refractivity contribution < 1.29 is 5.11 Å². The molecular weight excluding hydrogens is 166 g/mol. The number of rotatable bonds is 3. The lowest BCUT2D eigenvalue weighted by molar-refractivity contribution is 0.282. The highest BCUT2D eigenvalue weighted by Gasteiger charge is 1.98. The van der Waals surface area contributed by atoms with Crippen molar-refractivity contribution in [2.75, 3.05) is 12.3 Å². The zero-order valence-electron chi connectivity index (χ0n) is 7.27. The van der Waals surface area contributed by atoms with E-state index in [0.29, 0.717) is 17.9 Å². The second-order valence-electron chi connectivity index (χ2n) is 2.61. The zero-order valence-corrected chi connectivity index (χ0v) is 7.27. The Morgan fingerprint density at radius 3 is 2.92 bits per heavy atom. The first-order valence-electron chi connectivity index (χ1n) is 3.99. The summed E-state index contributed by atoms with van der Waals surface area (Å²) in [4.78, 5) is 3.93. The summed E-state index contributed by atoms with van der Waals surface area (Å²) in [7, 11) is 0. The van der Waals surface area contributed by atoms with Crippen LogP contribution >= 0.6 is 0 Å². The van der Waals surface area contributed by atoms with Crippen molar-refractivity contribution in [2.24, 2.45) is 5.73 Å². The largest absolute Gasteiger partial charge is 0.392 e. The fourth-order valence-corrected chi connectivity index (χ4v) is 0.961.